The lowest BCUT2D eigenvalue weighted by molar-refractivity contribution is -0.120. The van der Waals surface area contributed by atoms with Crippen molar-refractivity contribution in [2.24, 2.45) is 5.73 Å². The van der Waals surface area contributed by atoms with Crippen LogP contribution in [0.3, 0.4) is 0 Å². The summed E-state index contributed by atoms with van der Waals surface area (Å²) in [6, 6.07) is 13.9. The lowest BCUT2D eigenvalue weighted by Gasteiger charge is -2.16. The number of hydrogen-bond acceptors (Lipinski definition) is 9. The second kappa shape index (κ2) is 11.1. The highest BCUT2D eigenvalue weighted by molar-refractivity contribution is 6.30. The molecule has 3 amide bonds. The Morgan fingerprint density at radius 3 is 2.32 bits per heavy atom. The summed E-state index contributed by atoms with van der Waals surface area (Å²) in [4.78, 5) is 52.8. The van der Waals surface area contributed by atoms with Crippen LogP contribution in [0, 0.1) is 0 Å². The van der Waals surface area contributed by atoms with Gasteiger partial charge in [-0.05, 0) is 42.0 Å². The van der Waals surface area contributed by atoms with E-state index in [1.165, 1.54) is 17.0 Å². The number of ether oxygens (including phenoxy) is 1. The van der Waals surface area contributed by atoms with Gasteiger partial charge in [-0.3, -0.25) is 14.7 Å². The minimum absolute atomic E-state index is 0.000703. The zero-order valence-electron chi connectivity index (χ0n) is 19.0. The van der Waals surface area contributed by atoms with Crippen molar-refractivity contribution in [3.8, 4) is 11.5 Å². The number of nitrogens with zero attached hydrogens (tertiary/aromatic N) is 5. The molecule has 0 fully saturated rings. The van der Waals surface area contributed by atoms with Crippen LogP contribution in [0.2, 0.25) is 5.02 Å². The summed E-state index contributed by atoms with van der Waals surface area (Å²) in [7, 11) is 0. The smallest absolute Gasteiger partial charge is 0.355 e. The normalized spacial score (nSPS) is 10.5. The van der Waals surface area contributed by atoms with Gasteiger partial charge >= 0.3 is 17.4 Å². The zero-order chi connectivity index (χ0) is 26.4. The second-order valence-corrected chi connectivity index (χ2v) is 7.98. The first-order chi connectivity index (χ1) is 17.8. The molecule has 14 heteroatoms. The summed E-state index contributed by atoms with van der Waals surface area (Å²) in [5, 5.41) is 12.7. The first-order valence-corrected chi connectivity index (χ1v) is 11.0. The average molecular weight is 523 g/mol. The molecule has 4 aromatic rings. The van der Waals surface area contributed by atoms with Crippen LogP contribution >= 0.6 is 11.6 Å². The lowest BCUT2D eigenvalue weighted by atomic mass is 10.2. The number of imide groups is 1. The molecule has 0 spiro atoms. The van der Waals surface area contributed by atoms with Gasteiger partial charge in [0.05, 0.1) is 18.9 Å². The van der Waals surface area contributed by atoms with Crippen molar-refractivity contribution in [2.45, 2.75) is 13.1 Å². The largest absolute Gasteiger partial charge is 0.456 e. The molecular weight excluding hydrogens is 504 g/mol. The van der Waals surface area contributed by atoms with Gasteiger partial charge in [0.25, 0.3) is 0 Å². The van der Waals surface area contributed by atoms with Crippen LogP contribution < -0.4 is 32.5 Å². The first-order valence-electron chi connectivity index (χ1n) is 10.7. The van der Waals surface area contributed by atoms with Crippen LogP contribution in [-0.2, 0) is 17.9 Å². The molecule has 0 saturated heterocycles. The third kappa shape index (κ3) is 6.55. The standard InChI is InChI=1S/C23H19ClN8O5/c24-15-3-1-14(2-4-15)12-31-21(30-22(35)32(23(31)36)13-19(33)29-20(25)34)28-16-5-7-17(8-6-16)37-18-9-10-26-27-11-18/h1-11H,12-13H2,(H,28,30,35)(H3,25,29,33,34). The minimum atomic E-state index is -1.11. The van der Waals surface area contributed by atoms with Gasteiger partial charge < -0.3 is 15.8 Å². The van der Waals surface area contributed by atoms with Crippen molar-refractivity contribution in [2.75, 3.05) is 5.32 Å². The van der Waals surface area contributed by atoms with Gasteiger partial charge in [-0.15, -0.1) is 0 Å². The Labute approximate surface area is 213 Å². The molecule has 0 aliphatic heterocycles. The molecular formula is C23H19ClN8O5. The van der Waals surface area contributed by atoms with Crippen molar-refractivity contribution in [1.29, 1.82) is 0 Å². The van der Waals surface area contributed by atoms with Crippen LogP contribution in [0.15, 0.2) is 76.6 Å². The monoisotopic (exact) mass is 522 g/mol. The molecule has 0 atom stereocenters. The van der Waals surface area contributed by atoms with Crippen molar-refractivity contribution in [3.05, 3.63) is 98.5 Å². The van der Waals surface area contributed by atoms with Crippen LogP contribution in [0.1, 0.15) is 5.56 Å². The quantitative estimate of drug-likeness (QED) is 0.310. The highest BCUT2D eigenvalue weighted by Crippen LogP contribution is 2.23. The number of aromatic nitrogens is 5. The van der Waals surface area contributed by atoms with Gasteiger partial charge in [-0.1, -0.05) is 23.7 Å². The summed E-state index contributed by atoms with van der Waals surface area (Å²) in [6.07, 6.45) is 2.96. The highest BCUT2D eigenvalue weighted by Gasteiger charge is 2.17. The van der Waals surface area contributed by atoms with E-state index < -0.39 is 29.9 Å². The molecule has 0 bridgehead atoms. The first kappa shape index (κ1) is 25.1. The number of hydrogen-bond donors (Lipinski definition) is 3. The van der Waals surface area contributed by atoms with E-state index in [2.05, 4.69) is 20.5 Å². The van der Waals surface area contributed by atoms with E-state index in [0.717, 1.165) is 0 Å². The Hall–Kier alpha value is -5.04. The molecule has 37 heavy (non-hydrogen) atoms. The van der Waals surface area contributed by atoms with E-state index in [-0.39, 0.29) is 12.5 Å². The Kier molecular flexibility index (Phi) is 7.54. The Morgan fingerprint density at radius 2 is 1.68 bits per heavy atom. The fourth-order valence-electron chi connectivity index (χ4n) is 3.21. The number of halogens is 1. The minimum Gasteiger partial charge on any atom is -0.456 e. The van der Waals surface area contributed by atoms with E-state index in [1.54, 1.807) is 54.6 Å². The number of amides is 3. The fourth-order valence-corrected chi connectivity index (χ4v) is 3.33. The Bertz CT molecular complexity index is 1540. The van der Waals surface area contributed by atoms with Gasteiger partial charge in [-0.2, -0.15) is 15.2 Å². The van der Waals surface area contributed by atoms with Crippen LogP contribution in [0.5, 0.6) is 11.5 Å². The van der Waals surface area contributed by atoms with E-state index in [0.29, 0.717) is 32.3 Å². The van der Waals surface area contributed by atoms with Crippen molar-refractivity contribution < 1.29 is 14.3 Å². The molecule has 188 valence electrons. The predicted octanol–water partition coefficient (Wildman–Crippen LogP) is 1.63. The van der Waals surface area contributed by atoms with E-state index in [9.17, 15) is 19.2 Å². The molecule has 2 heterocycles. The average Bonchev–Trinajstić information content (AvgIpc) is 2.87. The third-order valence-electron chi connectivity index (χ3n) is 4.87. The molecule has 13 nitrogen and oxygen atoms in total. The van der Waals surface area contributed by atoms with E-state index in [1.807, 2.05) is 5.32 Å². The van der Waals surface area contributed by atoms with Crippen LogP contribution in [0.4, 0.5) is 16.4 Å². The van der Waals surface area contributed by atoms with Crippen molar-refractivity contribution in [3.63, 3.8) is 0 Å². The van der Waals surface area contributed by atoms with Gasteiger partial charge in [0.15, 0.2) is 0 Å². The molecule has 0 aliphatic rings. The molecule has 0 unspecified atom stereocenters. The zero-order valence-corrected chi connectivity index (χ0v) is 19.8. The maximum Gasteiger partial charge on any atom is 0.355 e. The number of nitrogens with two attached hydrogens (primary N) is 1. The molecule has 4 N–H and O–H groups in total. The molecule has 0 radical (unpaired) electrons. The van der Waals surface area contributed by atoms with Gasteiger partial charge in [0.1, 0.15) is 18.0 Å². The maximum atomic E-state index is 13.2. The highest BCUT2D eigenvalue weighted by atomic mass is 35.5. The lowest BCUT2D eigenvalue weighted by Crippen LogP contribution is -2.47. The van der Waals surface area contributed by atoms with Crippen molar-refractivity contribution in [1.82, 2.24) is 29.6 Å². The fraction of sp³-hybridized carbons (Fsp3) is 0.0870. The van der Waals surface area contributed by atoms with E-state index >= 15 is 0 Å². The van der Waals surface area contributed by atoms with Gasteiger partial charge in [0.2, 0.25) is 11.9 Å². The number of carbonyl (C=O) groups is 2. The Morgan fingerprint density at radius 1 is 0.946 bits per heavy atom. The summed E-state index contributed by atoms with van der Waals surface area (Å²) < 4.78 is 7.45. The number of carbonyl (C=O) groups excluding carboxylic acids is 2. The maximum absolute atomic E-state index is 13.2. The summed E-state index contributed by atoms with van der Waals surface area (Å²) in [5.41, 5.74) is 4.29. The topological polar surface area (TPSA) is 176 Å². The third-order valence-corrected chi connectivity index (χ3v) is 5.12. The molecule has 2 aromatic heterocycles. The summed E-state index contributed by atoms with van der Waals surface area (Å²) >= 11 is 5.96. The number of benzene rings is 2. The second-order valence-electron chi connectivity index (χ2n) is 7.54. The van der Waals surface area contributed by atoms with Crippen molar-refractivity contribution >= 4 is 35.2 Å². The van der Waals surface area contributed by atoms with E-state index in [4.69, 9.17) is 22.1 Å². The molecule has 4 rings (SSSR count). The SMILES string of the molecule is NC(=O)NC(=O)Cn1c(=O)nc(Nc2ccc(Oc3ccnnc3)cc2)n(Cc2ccc(Cl)cc2)c1=O. The van der Waals surface area contributed by atoms with Gasteiger partial charge in [0, 0.05) is 16.8 Å². The number of anilines is 2. The number of rotatable bonds is 8. The summed E-state index contributed by atoms with van der Waals surface area (Å²) in [6.45, 7) is -0.746. The summed E-state index contributed by atoms with van der Waals surface area (Å²) in [5.74, 6) is 0.00913. The van der Waals surface area contributed by atoms with Crippen LogP contribution in [-0.4, -0.2) is 36.3 Å². The number of nitrogens with one attached hydrogen (secondary N) is 2. The Balaban J connectivity index is 1.65. The number of primary amides is 1. The molecule has 0 saturated carbocycles. The molecule has 2 aromatic carbocycles. The van der Waals surface area contributed by atoms with Gasteiger partial charge in [-0.25, -0.2) is 19.0 Å². The molecule has 0 aliphatic carbocycles. The van der Waals surface area contributed by atoms with Crippen LogP contribution in [0.25, 0.3) is 0 Å². The predicted molar refractivity (Wildman–Crippen MR) is 133 cm³/mol. The number of urea groups is 1.